The van der Waals surface area contributed by atoms with E-state index in [1.54, 1.807) is 0 Å². The Labute approximate surface area is 64.0 Å². The molecule has 0 bridgehead atoms. The summed E-state index contributed by atoms with van der Waals surface area (Å²) in [5.74, 6) is 2.19. The number of hydrogen-bond donors (Lipinski definition) is 0. The predicted molar refractivity (Wildman–Crippen MR) is 43.8 cm³/mol. The molecule has 0 heteroatoms. The van der Waals surface area contributed by atoms with Gasteiger partial charge in [0.25, 0.3) is 0 Å². The third-order valence-corrected chi connectivity index (χ3v) is 3.50. The fourth-order valence-corrected chi connectivity index (χ4v) is 1.80. The molecule has 0 radical (unpaired) electrons. The van der Waals surface area contributed by atoms with E-state index in [2.05, 4.69) is 13.8 Å². The Bertz CT molecular complexity index is 133. The summed E-state index contributed by atoms with van der Waals surface area (Å²) < 4.78 is 0. The lowest BCUT2D eigenvalue weighted by atomic mass is 10.0. The predicted octanol–water partition coefficient (Wildman–Crippen LogP) is 3.22. The van der Waals surface area contributed by atoms with Gasteiger partial charge in [-0.2, -0.15) is 0 Å². The molecule has 2 aliphatic carbocycles. The van der Waals surface area contributed by atoms with Crippen molar-refractivity contribution >= 4 is 0 Å². The van der Waals surface area contributed by atoms with Crippen molar-refractivity contribution in [1.29, 1.82) is 0 Å². The summed E-state index contributed by atoms with van der Waals surface area (Å²) in [5.41, 5.74) is 0.808. The smallest absolute Gasteiger partial charge is 0.0325 e. The van der Waals surface area contributed by atoms with Crippen LogP contribution in [0.1, 0.15) is 46.0 Å². The highest BCUT2D eigenvalue weighted by atomic mass is 14.5. The van der Waals surface area contributed by atoms with Gasteiger partial charge in [-0.3, -0.25) is 0 Å². The van der Waals surface area contributed by atoms with E-state index in [0.717, 1.165) is 17.3 Å². The van der Waals surface area contributed by atoms with Crippen LogP contribution in [-0.2, 0) is 0 Å². The zero-order chi connectivity index (χ0) is 7.19. The highest BCUT2D eigenvalue weighted by Gasteiger charge is 2.40. The van der Waals surface area contributed by atoms with Crippen LogP contribution in [0.4, 0.5) is 0 Å². The summed E-state index contributed by atoms with van der Waals surface area (Å²) in [5, 5.41) is 0. The minimum Gasteiger partial charge on any atom is -0.0622 e. The Hall–Kier alpha value is 0. The summed E-state index contributed by atoms with van der Waals surface area (Å²) in [7, 11) is 0. The molecule has 0 nitrogen and oxygen atoms in total. The molecular weight excluding hydrogens is 120 g/mol. The molecule has 0 amide bonds. The summed E-state index contributed by atoms with van der Waals surface area (Å²) in [6.07, 6.45) is 7.58. The molecule has 2 unspecified atom stereocenters. The first-order valence-electron chi connectivity index (χ1n) is 4.70. The summed E-state index contributed by atoms with van der Waals surface area (Å²) in [4.78, 5) is 0. The zero-order valence-electron chi connectivity index (χ0n) is 7.19. The normalized spacial score (nSPS) is 41.4. The van der Waals surface area contributed by atoms with Crippen LogP contribution in [0, 0.1) is 17.3 Å². The van der Waals surface area contributed by atoms with Crippen molar-refractivity contribution < 1.29 is 0 Å². The van der Waals surface area contributed by atoms with E-state index in [1.807, 2.05) is 0 Å². The molecule has 0 N–H and O–H groups in total. The molecule has 2 rings (SSSR count). The van der Waals surface area contributed by atoms with E-state index in [9.17, 15) is 0 Å². The molecule has 2 saturated carbocycles. The SMILES string of the molecule is CC1CC1CCC1(C)CC1. The van der Waals surface area contributed by atoms with Crippen LogP contribution in [0.5, 0.6) is 0 Å². The average molecular weight is 138 g/mol. The molecule has 0 aliphatic heterocycles. The maximum atomic E-state index is 2.44. The van der Waals surface area contributed by atoms with Gasteiger partial charge in [0.1, 0.15) is 0 Å². The first-order valence-corrected chi connectivity index (χ1v) is 4.70. The molecule has 2 aliphatic rings. The highest BCUT2D eigenvalue weighted by molar-refractivity contribution is 4.91. The quantitative estimate of drug-likeness (QED) is 0.561. The molecule has 2 atom stereocenters. The van der Waals surface area contributed by atoms with Gasteiger partial charge in [0.2, 0.25) is 0 Å². The molecule has 0 aromatic rings. The fraction of sp³-hybridized carbons (Fsp3) is 1.00. The second-order valence-electron chi connectivity index (χ2n) is 4.82. The van der Waals surface area contributed by atoms with Crippen molar-refractivity contribution in [1.82, 2.24) is 0 Å². The second-order valence-corrected chi connectivity index (χ2v) is 4.82. The average Bonchev–Trinajstić information content (AvgIpc) is 2.71. The van der Waals surface area contributed by atoms with E-state index >= 15 is 0 Å². The van der Waals surface area contributed by atoms with Crippen LogP contribution < -0.4 is 0 Å². The van der Waals surface area contributed by atoms with Crippen LogP contribution >= 0.6 is 0 Å². The van der Waals surface area contributed by atoms with E-state index in [4.69, 9.17) is 0 Å². The lowest BCUT2D eigenvalue weighted by Gasteiger charge is -2.05. The summed E-state index contributed by atoms with van der Waals surface area (Å²) in [6.45, 7) is 4.83. The molecule has 0 heterocycles. The maximum Gasteiger partial charge on any atom is -0.0325 e. The molecule has 0 aromatic heterocycles. The van der Waals surface area contributed by atoms with Gasteiger partial charge in [0, 0.05) is 0 Å². The van der Waals surface area contributed by atoms with Gasteiger partial charge in [-0.25, -0.2) is 0 Å². The fourth-order valence-electron chi connectivity index (χ4n) is 1.80. The second kappa shape index (κ2) is 1.99. The largest absolute Gasteiger partial charge is 0.0622 e. The van der Waals surface area contributed by atoms with Crippen molar-refractivity contribution in [2.24, 2.45) is 17.3 Å². The Balaban J connectivity index is 1.64. The van der Waals surface area contributed by atoms with Gasteiger partial charge in [-0.05, 0) is 49.4 Å². The first kappa shape index (κ1) is 6.69. The minimum atomic E-state index is 0.808. The summed E-state index contributed by atoms with van der Waals surface area (Å²) in [6, 6.07) is 0. The third kappa shape index (κ3) is 1.36. The van der Waals surface area contributed by atoms with E-state index in [0.29, 0.717) is 0 Å². The molecule has 10 heavy (non-hydrogen) atoms. The highest BCUT2D eigenvalue weighted by Crippen LogP contribution is 2.52. The lowest BCUT2D eigenvalue weighted by Crippen LogP contribution is -1.93. The minimum absolute atomic E-state index is 0.808. The Morgan fingerprint density at radius 3 is 2.40 bits per heavy atom. The Kier molecular flexibility index (Phi) is 1.33. The van der Waals surface area contributed by atoms with Gasteiger partial charge in [-0.1, -0.05) is 13.8 Å². The van der Waals surface area contributed by atoms with E-state index < -0.39 is 0 Å². The zero-order valence-corrected chi connectivity index (χ0v) is 7.19. The third-order valence-electron chi connectivity index (χ3n) is 3.50. The van der Waals surface area contributed by atoms with Crippen LogP contribution in [0.3, 0.4) is 0 Å². The van der Waals surface area contributed by atoms with Crippen LogP contribution in [0.2, 0.25) is 0 Å². The Morgan fingerprint density at radius 1 is 1.40 bits per heavy atom. The van der Waals surface area contributed by atoms with Gasteiger partial charge in [-0.15, -0.1) is 0 Å². The van der Waals surface area contributed by atoms with Crippen molar-refractivity contribution in [2.45, 2.75) is 46.0 Å². The number of rotatable bonds is 3. The van der Waals surface area contributed by atoms with Gasteiger partial charge < -0.3 is 0 Å². The van der Waals surface area contributed by atoms with Crippen molar-refractivity contribution in [3.63, 3.8) is 0 Å². The first-order chi connectivity index (χ1) is 4.70. The van der Waals surface area contributed by atoms with Gasteiger partial charge in [0.15, 0.2) is 0 Å². The van der Waals surface area contributed by atoms with E-state index in [1.165, 1.54) is 32.1 Å². The number of hydrogen-bond acceptors (Lipinski definition) is 0. The molecule has 0 aromatic carbocycles. The molecule has 58 valence electrons. The topological polar surface area (TPSA) is 0 Å². The summed E-state index contributed by atoms with van der Waals surface area (Å²) >= 11 is 0. The monoisotopic (exact) mass is 138 g/mol. The maximum absolute atomic E-state index is 2.44. The van der Waals surface area contributed by atoms with Crippen molar-refractivity contribution in [3.05, 3.63) is 0 Å². The molecule has 0 saturated heterocycles. The standard InChI is InChI=1S/C10H18/c1-8-7-9(8)3-4-10(2)5-6-10/h8-9H,3-7H2,1-2H3. The molecule has 2 fully saturated rings. The Morgan fingerprint density at radius 2 is 2.00 bits per heavy atom. The molecule has 0 spiro atoms. The van der Waals surface area contributed by atoms with E-state index in [-0.39, 0.29) is 0 Å². The van der Waals surface area contributed by atoms with Crippen LogP contribution in [0.15, 0.2) is 0 Å². The van der Waals surface area contributed by atoms with Crippen molar-refractivity contribution in [3.8, 4) is 0 Å². The lowest BCUT2D eigenvalue weighted by molar-refractivity contribution is 0.465. The van der Waals surface area contributed by atoms with Crippen LogP contribution in [0.25, 0.3) is 0 Å². The van der Waals surface area contributed by atoms with Gasteiger partial charge in [0.05, 0.1) is 0 Å². The molecular formula is C10H18. The van der Waals surface area contributed by atoms with Crippen LogP contribution in [-0.4, -0.2) is 0 Å². The van der Waals surface area contributed by atoms with Crippen molar-refractivity contribution in [2.75, 3.05) is 0 Å². The van der Waals surface area contributed by atoms with Gasteiger partial charge >= 0.3 is 0 Å².